The van der Waals surface area contributed by atoms with Gasteiger partial charge < -0.3 is 14.4 Å². The molecule has 3 heterocycles. The molecule has 1 aliphatic heterocycles. The highest BCUT2D eigenvalue weighted by Gasteiger charge is 2.26. The van der Waals surface area contributed by atoms with Gasteiger partial charge in [0.15, 0.2) is 6.61 Å². The molecule has 7 nitrogen and oxygen atoms in total. The van der Waals surface area contributed by atoms with Crippen molar-refractivity contribution in [1.82, 2.24) is 14.9 Å². The number of aryl methyl sites for hydroxylation is 1. The van der Waals surface area contributed by atoms with Gasteiger partial charge in [0.05, 0.1) is 12.0 Å². The van der Waals surface area contributed by atoms with Crippen molar-refractivity contribution in [3.8, 4) is 5.88 Å². The van der Waals surface area contributed by atoms with Gasteiger partial charge in [-0.3, -0.25) is 4.79 Å². The zero-order valence-corrected chi connectivity index (χ0v) is 17.0. The van der Waals surface area contributed by atoms with Crippen LogP contribution in [-0.4, -0.2) is 53.0 Å². The number of carbonyl (C=O) groups excluding carboxylic acids is 2. The third-order valence-corrected chi connectivity index (χ3v) is 5.89. The average molecular weight is 391 g/mol. The Kier molecular flexibility index (Phi) is 5.94. The van der Waals surface area contributed by atoms with Crippen LogP contribution in [0.1, 0.15) is 42.4 Å². The molecule has 0 unspecified atom stereocenters. The smallest absolute Gasteiger partial charge is 0.348 e. The standard InChI is InChI=1S/C19H25N3O4S/c1-5-25-19(24)16-13(4)15-17(20-10-21-18(15)27-16)26-9-14(23)22-7-11(2)6-12(3)8-22/h10-12H,5-9H2,1-4H3/t11-,12+. The number of rotatable bonds is 5. The normalized spacial score (nSPS) is 19.9. The van der Waals surface area contributed by atoms with E-state index in [0.29, 0.717) is 39.4 Å². The molecule has 1 amide bonds. The molecule has 0 aliphatic carbocycles. The van der Waals surface area contributed by atoms with Crippen LogP contribution in [0.3, 0.4) is 0 Å². The fourth-order valence-electron chi connectivity index (χ4n) is 3.63. The molecule has 146 valence electrons. The summed E-state index contributed by atoms with van der Waals surface area (Å²) in [6.07, 6.45) is 2.53. The molecule has 1 saturated heterocycles. The van der Waals surface area contributed by atoms with Gasteiger partial charge in [0.25, 0.3) is 5.91 Å². The predicted octanol–water partition coefficient (Wildman–Crippen LogP) is 3.06. The van der Waals surface area contributed by atoms with Crippen molar-refractivity contribution in [2.45, 2.75) is 34.1 Å². The largest absolute Gasteiger partial charge is 0.467 e. The molecule has 2 atom stereocenters. The first kappa shape index (κ1) is 19.5. The maximum atomic E-state index is 12.6. The summed E-state index contributed by atoms with van der Waals surface area (Å²) in [5, 5.41) is 0.665. The number of likely N-dealkylation sites (tertiary alicyclic amines) is 1. The van der Waals surface area contributed by atoms with E-state index in [4.69, 9.17) is 9.47 Å². The van der Waals surface area contributed by atoms with Gasteiger partial charge in [-0.15, -0.1) is 11.3 Å². The Morgan fingerprint density at radius 1 is 1.26 bits per heavy atom. The molecule has 27 heavy (non-hydrogen) atoms. The van der Waals surface area contributed by atoms with Gasteiger partial charge in [0.2, 0.25) is 5.88 Å². The van der Waals surface area contributed by atoms with Crippen LogP contribution in [0.15, 0.2) is 6.33 Å². The van der Waals surface area contributed by atoms with Crippen molar-refractivity contribution in [3.05, 3.63) is 16.8 Å². The highest BCUT2D eigenvalue weighted by Crippen LogP contribution is 2.34. The summed E-state index contributed by atoms with van der Waals surface area (Å²) < 4.78 is 10.8. The van der Waals surface area contributed by atoms with Crippen LogP contribution < -0.4 is 4.74 Å². The Hall–Kier alpha value is -2.22. The van der Waals surface area contributed by atoms with E-state index < -0.39 is 0 Å². The minimum Gasteiger partial charge on any atom is -0.467 e. The van der Waals surface area contributed by atoms with E-state index in [1.54, 1.807) is 6.92 Å². The first-order valence-corrected chi connectivity index (χ1v) is 10.0. The van der Waals surface area contributed by atoms with Gasteiger partial charge >= 0.3 is 5.97 Å². The van der Waals surface area contributed by atoms with E-state index >= 15 is 0 Å². The van der Waals surface area contributed by atoms with E-state index in [9.17, 15) is 9.59 Å². The van der Waals surface area contributed by atoms with Gasteiger partial charge in [-0.05, 0) is 37.7 Å². The molecule has 0 N–H and O–H groups in total. The summed E-state index contributed by atoms with van der Waals surface area (Å²) in [7, 11) is 0. The van der Waals surface area contributed by atoms with E-state index in [0.717, 1.165) is 25.1 Å². The van der Waals surface area contributed by atoms with Crippen molar-refractivity contribution in [2.24, 2.45) is 11.8 Å². The van der Waals surface area contributed by atoms with Crippen LogP contribution in [0.25, 0.3) is 10.2 Å². The Morgan fingerprint density at radius 3 is 2.63 bits per heavy atom. The lowest BCUT2D eigenvalue weighted by Crippen LogP contribution is -2.44. The topological polar surface area (TPSA) is 81.6 Å². The molecule has 2 aromatic rings. The predicted molar refractivity (Wildman–Crippen MR) is 103 cm³/mol. The summed E-state index contributed by atoms with van der Waals surface area (Å²) in [4.78, 5) is 36.1. The van der Waals surface area contributed by atoms with Crippen LogP contribution in [0.2, 0.25) is 0 Å². The van der Waals surface area contributed by atoms with Crippen LogP contribution in [0.4, 0.5) is 0 Å². The summed E-state index contributed by atoms with van der Waals surface area (Å²) in [5.74, 6) is 0.898. The third-order valence-electron chi connectivity index (χ3n) is 4.71. The third kappa shape index (κ3) is 4.21. The lowest BCUT2D eigenvalue weighted by molar-refractivity contribution is -0.136. The number of hydrogen-bond donors (Lipinski definition) is 0. The molecular formula is C19H25N3O4S. The number of aromatic nitrogens is 2. The van der Waals surface area contributed by atoms with Crippen molar-refractivity contribution in [1.29, 1.82) is 0 Å². The quantitative estimate of drug-likeness (QED) is 0.729. The molecule has 2 aromatic heterocycles. The van der Waals surface area contributed by atoms with Gasteiger partial charge in [-0.1, -0.05) is 13.8 Å². The molecule has 0 aromatic carbocycles. The Labute approximate surface area is 162 Å². The van der Waals surface area contributed by atoms with Crippen molar-refractivity contribution in [3.63, 3.8) is 0 Å². The zero-order chi connectivity index (χ0) is 19.6. The minimum atomic E-state index is -0.378. The lowest BCUT2D eigenvalue weighted by Gasteiger charge is -2.34. The number of esters is 1. The van der Waals surface area contributed by atoms with E-state index in [2.05, 4.69) is 23.8 Å². The summed E-state index contributed by atoms with van der Waals surface area (Å²) in [6.45, 7) is 9.66. The van der Waals surface area contributed by atoms with Crippen LogP contribution in [0, 0.1) is 18.8 Å². The number of amides is 1. The Morgan fingerprint density at radius 2 is 1.96 bits per heavy atom. The molecular weight excluding hydrogens is 366 g/mol. The molecule has 8 heteroatoms. The van der Waals surface area contributed by atoms with Crippen molar-refractivity contribution >= 4 is 33.4 Å². The number of ether oxygens (including phenoxy) is 2. The highest BCUT2D eigenvalue weighted by atomic mass is 32.1. The second-order valence-electron chi connectivity index (χ2n) is 7.17. The van der Waals surface area contributed by atoms with Gasteiger partial charge in [0.1, 0.15) is 16.0 Å². The fourth-order valence-corrected chi connectivity index (χ4v) is 4.66. The maximum absolute atomic E-state index is 12.6. The molecule has 0 bridgehead atoms. The van der Waals surface area contributed by atoms with Crippen molar-refractivity contribution in [2.75, 3.05) is 26.3 Å². The Bertz CT molecular complexity index is 841. The number of carbonyl (C=O) groups is 2. The minimum absolute atomic E-state index is 0.0429. The average Bonchev–Trinajstić information content (AvgIpc) is 2.96. The molecule has 0 spiro atoms. The summed E-state index contributed by atoms with van der Waals surface area (Å²) in [6, 6.07) is 0. The number of nitrogens with zero attached hydrogens (tertiary/aromatic N) is 3. The lowest BCUT2D eigenvalue weighted by atomic mass is 9.92. The number of piperidine rings is 1. The van der Waals surface area contributed by atoms with Crippen LogP contribution in [-0.2, 0) is 9.53 Å². The molecule has 0 saturated carbocycles. The first-order valence-electron chi connectivity index (χ1n) is 9.22. The number of hydrogen-bond acceptors (Lipinski definition) is 7. The second-order valence-corrected chi connectivity index (χ2v) is 8.17. The maximum Gasteiger partial charge on any atom is 0.348 e. The number of fused-ring (bicyclic) bond motifs is 1. The van der Waals surface area contributed by atoms with E-state index in [1.165, 1.54) is 17.7 Å². The highest BCUT2D eigenvalue weighted by molar-refractivity contribution is 7.20. The zero-order valence-electron chi connectivity index (χ0n) is 16.2. The van der Waals surface area contributed by atoms with Gasteiger partial charge in [-0.2, -0.15) is 0 Å². The molecule has 1 fully saturated rings. The van der Waals surface area contributed by atoms with Crippen LogP contribution >= 0.6 is 11.3 Å². The van der Waals surface area contributed by atoms with Gasteiger partial charge in [-0.25, -0.2) is 14.8 Å². The fraction of sp³-hybridized carbons (Fsp3) is 0.579. The van der Waals surface area contributed by atoms with Crippen LogP contribution in [0.5, 0.6) is 5.88 Å². The second kappa shape index (κ2) is 8.21. The van der Waals surface area contributed by atoms with E-state index in [1.807, 2.05) is 11.8 Å². The summed E-state index contributed by atoms with van der Waals surface area (Å²) >= 11 is 1.25. The van der Waals surface area contributed by atoms with Gasteiger partial charge in [0, 0.05) is 13.1 Å². The summed E-state index contributed by atoms with van der Waals surface area (Å²) in [5.41, 5.74) is 0.719. The van der Waals surface area contributed by atoms with Crippen molar-refractivity contribution < 1.29 is 19.1 Å². The Balaban J connectivity index is 1.77. The van der Waals surface area contributed by atoms with E-state index in [-0.39, 0.29) is 18.5 Å². The molecule has 1 aliphatic rings. The monoisotopic (exact) mass is 391 g/mol. The number of thiophene rings is 1. The first-order chi connectivity index (χ1) is 12.9. The molecule has 3 rings (SSSR count). The molecule has 0 radical (unpaired) electrons. The SMILES string of the molecule is CCOC(=O)c1sc2ncnc(OCC(=O)N3C[C@H](C)C[C@H](C)C3)c2c1C.